The zero-order valence-corrected chi connectivity index (χ0v) is 13.2. The zero-order chi connectivity index (χ0) is 15.9. The molecule has 6 heteroatoms. The van der Waals surface area contributed by atoms with Gasteiger partial charge in [0.1, 0.15) is 17.8 Å². The first-order chi connectivity index (χ1) is 11.9. The number of nitrogens with zero attached hydrogens (tertiary/aromatic N) is 6. The Morgan fingerprint density at radius 2 is 1.96 bits per heavy atom. The van der Waals surface area contributed by atoms with Gasteiger partial charge in [-0.15, -0.1) is 0 Å². The van der Waals surface area contributed by atoms with Gasteiger partial charge in [-0.05, 0) is 31.4 Å². The monoisotopic (exact) mass is 316 g/mol. The quantitative estimate of drug-likeness (QED) is 0.723. The van der Waals surface area contributed by atoms with Crippen LogP contribution in [0.2, 0.25) is 0 Å². The van der Waals surface area contributed by atoms with Gasteiger partial charge in [0.2, 0.25) is 0 Å². The molecule has 1 aliphatic carbocycles. The van der Waals surface area contributed by atoms with Crippen LogP contribution in [0, 0.1) is 0 Å². The molecule has 0 unspecified atom stereocenters. The highest BCUT2D eigenvalue weighted by Gasteiger charge is 2.28. The molecule has 0 atom stereocenters. The van der Waals surface area contributed by atoms with Gasteiger partial charge in [-0.2, -0.15) is 0 Å². The Kier molecular flexibility index (Phi) is 3.01. The molecule has 0 spiro atoms. The molecular weight excluding hydrogens is 300 g/mol. The minimum Gasteiger partial charge on any atom is -0.346 e. The lowest BCUT2D eigenvalue weighted by atomic mass is 10.2. The summed E-state index contributed by atoms with van der Waals surface area (Å²) in [6.45, 7) is 1.59. The van der Waals surface area contributed by atoms with Crippen molar-refractivity contribution in [2.45, 2.75) is 32.4 Å². The maximum atomic E-state index is 4.88. The standard InChI is InChI=1S/C18H16N6/c1-2-7-20-15(5-1)17-22-14-6-3-4-13(14)18(23-17)24-9-12-8-19-11-21-16(12)10-24/h1-2,5,7-8,11H,3-4,6,9-10H2. The largest absolute Gasteiger partial charge is 0.346 e. The topological polar surface area (TPSA) is 67.7 Å². The third-order valence-electron chi connectivity index (χ3n) is 4.69. The van der Waals surface area contributed by atoms with Crippen LogP contribution in [0.3, 0.4) is 0 Å². The second-order valence-electron chi connectivity index (χ2n) is 6.22. The van der Waals surface area contributed by atoms with E-state index in [4.69, 9.17) is 9.97 Å². The van der Waals surface area contributed by atoms with Crippen LogP contribution in [0.1, 0.15) is 28.9 Å². The molecule has 1 aliphatic heterocycles. The molecule has 0 radical (unpaired) electrons. The van der Waals surface area contributed by atoms with Gasteiger partial charge in [0, 0.05) is 35.8 Å². The third kappa shape index (κ3) is 2.14. The summed E-state index contributed by atoms with van der Waals surface area (Å²) in [6, 6.07) is 5.85. The Morgan fingerprint density at radius 3 is 2.83 bits per heavy atom. The number of fused-ring (bicyclic) bond motifs is 2. The highest BCUT2D eigenvalue weighted by atomic mass is 15.2. The van der Waals surface area contributed by atoms with Crippen molar-refractivity contribution in [1.29, 1.82) is 0 Å². The van der Waals surface area contributed by atoms with Crippen LogP contribution < -0.4 is 4.90 Å². The summed E-state index contributed by atoms with van der Waals surface area (Å²) in [6.07, 6.45) is 8.52. The van der Waals surface area contributed by atoms with E-state index in [0.29, 0.717) is 5.82 Å². The minimum atomic E-state index is 0.716. The highest BCUT2D eigenvalue weighted by Crippen LogP contribution is 2.34. The molecular formula is C18H16N6. The van der Waals surface area contributed by atoms with Crippen LogP contribution in [0.15, 0.2) is 36.9 Å². The normalized spacial score (nSPS) is 15.4. The van der Waals surface area contributed by atoms with Gasteiger partial charge >= 0.3 is 0 Å². The van der Waals surface area contributed by atoms with E-state index in [1.807, 2.05) is 24.4 Å². The third-order valence-corrected chi connectivity index (χ3v) is 4.69. The van der Waals surface area contributed by atoms with Crippen molar-refractivity contribution in [3.63, 3.8) is 0 Å². The number of aromatic nitrogens is 5. The zero-order valence-electron chi connectivity index (χ0n) is 13.2. The van der Waals surface area contributed by atoms with E-state index in [1.54, 1.807) is 12.5 Å². The van der Waals surface area contributed by atoms with Crippen LogP contribution in [-0.2, 0) is 25.9 Å². The van der Waals surface area contributed by atoms with Crippen molar-refractivity contribution in [3.05, 3.63) is 59.4 Å². The van der Waals surface area contributed by atoms with Gasteiger partial charge in [0.25, 0.3) is 0 Å². The molecule has 3 aromatic heterocycles. The number of aryl methyl sites for hydroxylation is 1. The van der Waals surface area contributed by atoms with Gasteiger partial charge in [-0.3, -0.25) is 4.98 Å². The predicted molar refractivity (Wildman–Crippen MR) is 89.2 cm³/mol. The molecule has 0 aromatic carbocycles. The van der Waals surface area contributed by atoms with Crippen molar-refractivity contribution < 1.29 is 0 Å². The Balaban J connectivity index is 1.60. The van der Waals surface area contributed by atoms with Crippen LogP contribution in [0.5, 0.6) is 0 Å². The lowest BCUT2D eigenvalue weighted by molar-refractivity contribution is 0.829. The van der Waals surface area contributed by atoms with Crippen LogP contribution >= 0.6 is 0 Å². The summed E-state index contributed by atoms with van der Waals surface area (Å²) in [5.74, 6) is 1.75. The molecule has 0 saturated carbocycles. The maximum absolute atomic E-state index is 4.88. The second kappa shape index (κ2) is 5.33. The lowest BCUT2D eigenvalue weighted by Gasteiger charge is -2.20. The van der Waals surface area contributed by atoms with Crippen LogP contribution in [-0.4, -0.2) is 24.9 Å². The molecule has 5 rings (SSSR count). The van der Waals surface area contributed by atoms with Crippen molar-refractivity contribution >= 4 is 5.82 Å². The molecule has 24 heavy (non-hydrogen) atoms. The molecule has 3 aromatic rings. The fourth-order valence-corrected chi connectivity index (χ4v) is 3.53. The maximum Gasteiger partial charge on any atom is 0.180 e. The number of hydrogen-bond acceptors (Lipinski definition) is 6. The molecule has 0 saturated heterocycles. The van der Waals surface area contributed by atoms with E-state index >= 15 is 0 Å². The van der Waals surface area contributed by atoms with Gasteiger partial charge in [-0.25, -0.2) is 19.9 Å². The van der Waals surface area contributed by atoms with Crippen molar-refractivity contribution in [2.75, 3.05) is 4.90 Å². The average Bonchev–Trinajstić information content (AvgIpc) is 3.28. The number of rotatable bonds is 2. The summed E-state index contributed by atoms with van der Waals surface area (Å²) in [5.41, 5.74) is 5.56. The first-order valence-corrected chi connectivity index (χ1v) is 8.22. The average molecular weight is 316 g/mol. The molecule has 0 bridgehead atoms. The van der Waals surface area contributed by atoms with E-state index in [1.165, 1.54) is 16.8 Å². The molecule has 4 heterocycles. The predicted octanol–water partition coefficient (Wildman–Crippen LogP) is 2.34. The Morgan fingerprint density at radius 1 is 0.958 bits per heavy atom. The van der Waals surface area contributed by atoms with Crippen LogP contribution in [0.4, 0.5) is 5.82 Å². The van der Waals surface area contributed by atoms with E-state index in [-0.39, 0.29) is 0 Å². The SMILES string of the molecule is c1ccc(-c2nc3c(c(N4Cc5cncnc5C4)n2)CCC3)nc1. The summed E-state index contributed by atoms with van der Waals surface area (Å²) < 4.78 is 0. The number of anilines is 1. The fourth-order valence-electron chi connectivity index (χ4n) is 3.53. The molecule has 0 N–H and O–H groups in total. The fraction of sp³-hybridized carbons (Fsp3) is 0.278. The lowest BCUT2D eigenvalue weighted by Crippen LogP contribution is -2.19. The van der Waals surface area contributed by atoms with Gasteiger partial charge in [0.05, 0.1) is 12.2 Å². The number of hydrogen-bond donors (Lipinski definition) is 0. The molecule has 118 valence electrons. The Bertz CT molecular complexity index is 884. The summed E-state index contributed by atoms with van der Waals surface area (Å²) in [7, 11) is 0. The van der Waals surface area contributed by atoms with Crippen LogP contribution in [0.25, 0.3) is 11.5 Å². The highest BCUT2D eigenvalue weighted by molar-refractivity contribution is 5.60. The summed E-state index contributed by atoms with van der Waals surface area (Å²) in [5, 5.41) is 0. The summed E-state index contributed by atoms with van der Waals surface area (Å²) >= 11 is 0. The van der Waals surface area contributed by atoms with E-state index in [2.05, 4.69) is 19.9 Å². The van der Waals surface area contributed by atoms with Crippen molar-refractivity contribution in [3.8, 4) is 11.5 Å². The minimum absolute atomic E-state index is 0.716. The van der Waals surface area contributed by atoms with E-state index in [9.17, 15) is 0 Å². The molecule has 0 fully saturated rings. The van der Waals surface area contributed by atoms with Gasteiger partial charge in [0.15, 0.2) is 5.82 Å². The van der Waals surface area contributed by atoms with Gasteiger partial charge in [-0.1, -0.05) is 6.07 Å². The Hall–Kier alpha value is -2.89. The first-order valence-electron chi connectivity index (χ1n) is 8.22. The second-order valence-corrected chi connectivity index (χ2v) is 6.22. The molecule has 2 aliphatic rings. The first kappa shape index (κ1) is 13.5. The van der Waals surface area contributed by atoms with E-state index in [0.717, 1.165) is 49.6 Å². The van der Waals surface area contributed by atoms with Crippen molar-refractivity contribution in [1.82, 2.24) is 24.9 Å². The van der Waals surface area contributed by atoms with E-state index < -0.39 is 0 Å². The van der Waals surface area contributed by atoms with Crippen molar-refractivity contribution in [2.24, 2.45) is 0 Å². The molecule has 0 amide bonds. The Labute approximate surface area is 139 Å². The number of pyridine rings is 1. The van der Waals surface area contributed by atoms with Gasteiger partial charge < -0.3 is 4.90 Å². The smallest absolute Gasteiger partial charge is 0.180 e. The molecule has 6 nitrogen and oxygen atoms in total. The summed E-state index contributed by atoms with van der Waals surface area (Å²) in [4.78, 5) is 24.9.